The number of hydrogen-bond donors (Lipinski definition) is 1. The Morgan fingerprint density at radius 3 is 2.41 bits per heavy atom. The molecule has 5 nitrogen and oxygen atoms in total. The van der Waals surface area contributed by atoms with Crippen molar-refractivity contribution in [1.82, 2.24) is 9.55 Å². The highest BCUT2D eigenvalue weighted by Crippen LogP contribution is 2.33. The van der Waals surface area contributed by atoms with Crippen molar-refractivity contribution >= 4 is 29.2 Å². The van der Waals surface area contributed by atoms with Crippen LogP contribution >= 0.6 is 23.2 Å². The molecule has 0 amide bonds. The zero-order valence-corrected chi connectivity index (χ0v) is 17.4. The summed E-state index contributed by atoms with van der Waals surface area (Å²) >= 11 is 12.1. The lowest BCUT2D eigenvalue weighted by Crippen LogP contribution is -2.25. The smallest absolute Gasteiger partial charge is 0.341 e. The van der Waals surface area contributed by atoms with Crippen LogP contribution in [0.15, 0.2) is 35.1 Å². The molecule has 0 spiro atoms. The number of carboxylic acids is 1. The third kappa shape index (κ3) is 3.66. The maximum Gasteiger partial charge on any atom is 0.341 e. The first kappa shape index (κ1) is 21.0. The summed E-state index contributed by atoms with van der Waals surface area (Å²) in [5, 5.41) is 10.4. The highest BCUT2D eigenvalue weighted by Gasteiger charge is 2.26. The van der Waals surface area contributed by atoms with E-state index in [-0.39, 0.29) is 16.3 Å². The lowest BCUT2D eigenvalue weighted by Gasteiger charge is -2.21. The molecule has 3 aromatic rings. The molecule has 0 bridgehead atoms. The lowest BCUT2D eigenvalue weighted by atomic mass is 9.95. The van der Waals surface area contributed by atoms with Crippen LogP contribution in [0.2, 0.25) is 10.0 Å². The normalized spacial score (nSPS) is 11.0. The maximum absolute atomic E-state index is 13.5. The van der Waals surface area contributed by atoms with Crippen molar-refractivity contribution in [3.63, 3.8) is 0 Å². The van der Waals surface area contributed by atoms with Crippen molar-refractivity contribution in [1.29, 1.82) is 0 Å². The van der Waals surface area contributed by atoms with E-state index in [1.54, 1.807) is 30.5 Å². The van der Waals surface area contributed by atoms with Crippen molar-refractivity contribution in [2.75, 3.05) is 0 Å². The predicted molar refractivity (Wildman–Crippen MR) is 111 cm³/mol. The number of carbonyl (C=O) groups is 1. The van der Waals surface area contributed by atoms with Crippen LogP contribution in [0.1, 0.15) is 28.7 Å². The number of aryl methyl sites for hydroxylation is 1. The van der Waals surface area contributed by atoms with E-state index in [1.807, 2.05) is 6.92 Å². The summed E-state index contributed by atoms with van der Waals surface area (Å²) in [6, 6.07) is 7.27. The van der Waals surface area contributed by atoms with E-state index in [0.29, 0.717) is 34.1 Å². The quantitative estimate of drug-likeness (QED) is 0.561. The number of hydrogen-bond acceptors (Lipinski definition) is 3. The molecule has 0 atom stereocenters. The summed E-state index contributed by atoms with van der Waals surface area (Å²) in [6.07, 6.45) is 0. The van der Waals surface area contributed by atoms with Gasteiger partial charge in [-0.3, -0.25) is 4.79 Å². The summed E-state index contributed by atoms with van der Waals surface area (Å²) in [5.41, 5.74) is 1.03. The summed E-state index contributed by atoms with van der Waals surface area (Å²) in [5.74, 6) is -2.04. The third-order valence-corrected chi connectivity index (χ3v) is 5.51. The number of aromatic carboxylic acids is 1. The van der Waals surface area contributed by atoms with Crippen LogP contribution in [-0.2, 0) is 6.54 Å². The van der Waals surface area contributed by atoms with E-state index >= 15 is 0 Å². The number of nitrogens with zero attached hydrogens (tertiary/aromatic N) is 2. The average Bonchev–Trinajstić information content (AvgIpc) is 2.65. The van der Waals surface area contributed by atoms with E-state index in [0.717, 1.165) is 6.07 Å². The molecule has 0 fully saturated rings. The van der Waals surface area contributed by atoms with E-state index in [2.05, 4.69) is 4.98 Å². The Kier molecular flexibility index (Phi) is 5.78. The molecule has 0 aliphatic heterocycles. The third-order valence-electron chi connectivity index (χ3n) is 4.77. The molecule has 2 heterocycles. The molecule has 0 aliphatic rings. The minimum absolute atomic E-state index is 0.179. The van der Waals surface area contributed by atoms with E-state index in [1.165, 1.54) is 12.1 Å². The molecule has 1 N–H and O–H groups in total. The fraction of sp³-hybridized carbons (Fsp3) is 0.190. The molecule has 150 valence electrons. The van der Waals surface area contributed by atoms with Gasteiger partial charge in [0.2, 0.25) is 11.4 Å². The van der Waals surface area contributed by atoms with Crippen molar-refractivity contribution in [2.24, 2.45) is 0 Å². The summed E-state index contributed by atoms with van der Waals surface area (Å²) in [7, 11) is 0. The summed E-state index contributed by atoms with van der Waals surface area (Å²) < 4.78 is 15.2. The molecule has 0 unspecified atom stereocenters. The van der Waals surface area contributed by atoms with Gasteiger partial charge in [-0.05, 0) is 45.0 Å². The van der Waals surface area contributed by atoms with E-state index in [4.69, 9.17) is 23.2 Å². The zero-order valence-electron chi connectivity index (χ0n) is 15.9. The van der Waals surface area contributed by atoms with Crippen molar-refractivity contribution < 1.29 is 14.3 Å². The van der Waals surface area contributed by atoms with Gasteiger partial charge in [-0.2, -0.15) is 4.39 Å². The first-order chi connectivity index (χ1) is 13.7. The Balaban J connectivity index is 2.47. The molecule has 3 rings (SSSR count). The van der Waals surface area contributed by atoms with Crippen LogP contribution in [0.25, 0.3) is 22.4 Å². The summed E-state index contributed by atoms with van der Waals surface area (Å²) in [4.78, 5) is 29.2. The first-order valence-electron chi connectivity index (χ1n) is 8.77. The predicted octanol–water partition coefficient (Wildman–Crippen LogP) is 5.36. The van der Waals surface area contributed by atoms with Gasteiger partial charge >= 0.3 is 5.97 Å². The van der Waals surface area contributed by atoms with Crippen LogP contribution in [0.5, 0.6) is 0 Å². The van der Waals surface area contributed by atoms with Crippen molar-refractivity contribution in [3.8, 4) is 22.4 Å². The minimum Gasteiger partial charge on any atom is -0.477 e. The van der Waals surface area contributed by atoms with Gasteiger partial charge in [-0.15, -0.1) is 0 Å². The Labute approximate surface area is 176 Å². The van der Waals surface area contributed by atoms with Gasteiger partial charge in [0.15, 0.2) is 0 Å². The molecule has 0 saturated heterocycles. The monoisotopic (exact) mass is 434 g/mol. The molecule has 2 aromatic heterocycles. The Bertz CT molecular complexity index is 1210. The topological polar surface area (TPSA) is 72.2 Å². The van der Waals surface area contributed by atoms with Gasteiger partial charge < -0.3 is 9.67 Å². The van der Waals surface area contributed by atoms with Gasteiger partial charge in [0.1, 0.15) is 5.56 Å². The number of aromatic nitrogens is 2. The Morgan fingerprint density at radius 2 is 1.86 bits per heavy atom. The second kappa shape index (κ2) is 7.97. The largest absolute Gasteiger partial charge is 0.477 e. The highest BCUT2D eigenvalue weighted by atomic mass is 35.5. The van der Waals surface area contributed by atoms with Crippen molar-refractivity contribution in [2.45, 2.75) is 27.3 Å². The standard InChI is InChI=1S/C21H17Cl2FN2O3/c1-4-26-11(3)17(13-6-8-16(24)25-10(13)2)20(27)18(21(28)29)19(26)12-5-7-14(22)15(23)9-12/h5-9H,4H2,1-3H3,(H,28,29). The second-order valence-electron chi connectivity index (χ2n) is 6.46. The van der Waals surface area contributed by atoms with Gasteiger partial charge in [0.25, 0.3) is 0 Å². The van der Waals surface area contributed by atoms with E-state index in [9.17, 15) is 19.1 Å². The molecule has 0 saturated carbocycles. The van der Waals surface area contributed by atoms with Crippen molar-refractivity contribution in [3.05, 3.63) is 73.5 Å². The van der Waals surface area contributed by atoms with Crippen LogP contribution < -0.4 is 5.43 Å². The van der Waals surface area contributed by atoms with Crippen LogP contribution in [-0.4, -0.2) is 20.6 Å². The number of carboxylic acid groups (broad SMARTS) is 1. The van der Waals surface area contributed by atoms with Gasteiger partial charge in [0.05, 0.1) is 21.3 Å². The van der Waals surface area contributed by atoms with Crippen LogP contribution in [0.4, 0.5) is 4.39 Å². The fourth-order valence-corrected chi connectivity index (χ4v) is 3.78. The number of pyridine rings is 2. The Hall–Kier alpha value is -2.70. The molecule has 0 aliphatic carbocycles. The molecular formula is C21H17Cl2FN2O3. The molecule has 29 heavy (non-hydrogen) atoms. The maximum atomic E-state index is 13.5. The second-order valence-corrected chi connectivity index (χ2v) is 7.27. The number of benzene rings is 1. The number of rotatable bonds is 4. The van der Waals surface area contributed by atoms with E-state index < -0.39 is 22.9 Å². The molecule has 1 aromatic carbocycles. The molecule has 0 radical (unpaired) electrons. The zero-order chi connectivity index (χ0) is 21.5. The Morgan fingerprint density at radius 1 is 1.17 bits per heavy atom. The lowest BCUT2D eigenvalue weighted by molar-refractivity contribution is 0.0695. The average molecular weight is 435 g/mol. The van der Waals surface area contributed by atoms with Crippen LogP contribution in [0, 0.1) is 19.8 Å². The van der Waals surface area contributed by atoms with Gasteiger partial charge in [0, 0.05) is 29.1 Å². The van der Waals surface area contributed by atoms with Crippen LogP contribution in [0.3, 0.4) is 0 Å². The minimum atomic E-state index is -1.37. The van der Waals surface area contributed by atoms with Gasteiger partial charge in [-0.1, -0.05) is 29.3 Å². The molecular weight excluding hydrogens is 418 g/mol. The SMILES string of the molecule is CCn1c(C)c(-c2ccc(F)nc2C)c(=O)c(C(=O)O)c1-c1ccc(Cl)c(Cl)c1. The fourth-order valence-electron chi connectivity index (χ4n) is 3.48. The first-order valence-corrected chi connectivity index (χ1v) is 9.52. The highest BCUT2D eigenvalue weighted by molar-refractivity contribution is 6.42. The number of halogens is 3. The summed E-state index contributed by atoms with van der Waals surface area (Å²) in [6.45, 7) is 5.52. The van der Waals surface area contributed by atoms with Gasteiger partial charge in [-0.25, -0.2) is 9.78 Å². The molecule has 8 heteroatoms.